The van der Waals surface area contributed by atoms with E-state index in [-0.39, 0.29) is 43.3 Å². The monoisotopic (exact) mass is 427 g/mol. The number of hydrogen-bond donors (Lipinski definition) is 2. The second-order valence-corrected chi connectivity index (χ2v) is 7.63. The van der Waals surface area contributed by atoms with Crippen molar-refractivity contribution in [3.05, 3.63) is 0 Å². The first-order valence-electron chi connectivity index (χ1n) is 10.4. The Labute approximate surface area is 180 Å². The van der Waals surface area contributed by atoms with Gasteiger partial charge in [0.2, 0.25) is 11.8 Å². The minimum absolute atomic E-state index is 0. The summed E-state index contributed by atoms with van der Waals surface area (Å²) >= 11 is 0. The number of terminal acetylenes is 1. The third kappa shape index (κ3) is 8.23. The van der Waals surface area contributed by atoms with Crippen molar-refractivity contribution in [3.63, 3.8) is 0 Å². The normalized spacial score (nSPS) is 20.7. The first-order chi connectivity index (χ1) is 13.5. The molecule has 0 aromatic carbocycles. The van der Waals surface area contributed by atoms with Crippen LogP contribution in [0, 0.1) is 30.1 Å². The van der Waals surface area contributed by atoms with E-state index < -0.39 is 11.9 Å². The number of hydrogen-bond acceptors (Lipinski definition) is 5. The van der Waals surface area contributed by atoms with Crippen LogP contribution in [0.4, 0.5) is 0 Å². The third-order valence-corrected chi connectivity index (χ3v) is 5.62. The smallest absolute Gasteiger partial charge is 0.322 e. The van der Waals surface area contributed by atoms with Gasteiger partial charge in [0.05, 0.1) is 12.5 Å². The van der Waals surface area contributed by atoms with Crippen LogP contribution in [0.5, 0.6) is 0 Å². The number of carbonyl (C=O) groups excluding carboxylic acids is 3. The lowest BCUT2D eigenvalue weighted by Crippen LogP contribution is -2.46. The first kappa shape index (κ1) is 25.3. The van der Waals surface area contributed by atoms with Crippen molar-refractivity contribution in [2.75, 3.05) is 39.3 Å². The molecule has 2 amide bonds. The van der Waals surface area contributed by atoms with Crippen LogP contribution in [0.3, 0.4) is 0 Å². The molecule has 8 heteroatoms. The Hall–Kier alpha value is -1.78. The maximum absolute atomic E-state index is 12.6. The van der Waals surface area contributed by atoms with Crippen molar-refractivity contribution in [2.45, 2.75) is 45.4 Å². The zero-order chi connectivity index (χ0) is 20.4. The fraction of sp³-hybridized carbons (Fsp3) is 0.762. The molecule has 2 fully saturated rings. The Kier molecular flexibility index (Phi) is 11.7. The van der Waals surface area contributed by atoms with Crippen LogP contribution in [-0.2, 0) is 19.1 Å². The number of amides is 2. The van der Waals surface area contributed by atoms with Crippen LogP contribution >= 0.6 is 12.4 Å². The minimum atomic E-state index is -0.782. The van der Waals surface area contributed by atoms with Gasteiger partial charge >= 0.3 is 5.97 Å². The molecule has 0 bridgehead atoms. The highest BCUT2D eigenvalue weighted by atomic mass is 35.5. The molecule has 2 aliphatic heterocycles. The Morgan fingerprint density at radius 3 is 2.66 bits per heavy atom. The number of likely N-dealkylation sites (tertiary alicyclic amines) is 1. The number of nitrogens with one attached hydrogen (secondary N) is 2. The molecule has 2 heterocycles. The maximum atomic E-state index is 12.6. The minimum Gasteiger partial charge on any atom is -0.465 e. The molecule has 0 radical (unpaired) electrons. The quantitative estimate of drug-likeness (QED) is 0.451. The van der Waals surface area contributed by atoms with E-state index in [1.54, 1.807) is 6.92 Å². The van der Waals surface area contributed by atoms with Crippen molar-refractivity contribution >= 4 is 30.2 Å². The van der Waals surface area contributed by atoms with Crippen molar-refractivity contribution in [2.24, 2.45) is 17.8 Å². The average molecular weight is 428 g/mol. The standard InChI is InChI=1S/C21H33N3O4.ClH/c1-3-17(21(27)28-4-2)14-23-20(26)18-6-5-13-24(15-18)19(25)8-7-16-9-11-22-12-10-16;/h1,16-18,22H,4-15H2,2H3,(H,23,26);1H/t17-,18+;/m0./s1. The second-order valence-electron chi connectivity index (χ2n) is 7.63. The molecule has 0 aromatic heterocycles. The van der Waals surface area contributed by atoms with Gasteiger partial charge in [0.1, 0.15) is 5.92 Å². The summed E-state index contributed by atoms with van der Waals surface area (Å²) in [4.78, 5) is 38.6. The molecule has 2 atom stereocenters. The summed E-state index contributed by atoms with van der Waals surface area (Å²) in [6.45, 7) is 5.26. The molecule has 0 spiro atoms. The maximum Gasteiger partial charge on any atom is 0.322 e. The average Bonchev–Trinajstić information content (AvgIpc) is 2.73. The van der Waals surface area contributed by atoms with E-state index in [4.69, 9.17) is 11.2 Å². The fourth-order valence-electron chi connectivity index (χ4n) is 3.87. The van der Waals surface area contributed by atoms with Crippen molar-refractivity contribution < 1.29 is 19.1 Å². The zero-order valence-corrected chi connectivity index (χ0v) is 18.1. The molecular weight excluding hydrogens is 394 g/mol. The predicted octanol–water partition coefficient (Wildman–Crippen LogP) is 1.36. The van der Waals surface area contributed by atoms with Gasteiger partial charge in [-0.25, -0.2) is 0 Å². The van der Waals surface area contributed by atoms with Gasteiger partial charge in [-0.15, -0.1) is 18.8 Å². The van der Waals surface area contributed by atoms with E-state index in [1.165, 1.54) is 0 Å². The molecule has 2 rings (SSSR count). The summed E-state index contributed by atoms with van der Waals surface area (Å²) in [7, 11) is 0. The predicted molar refractivity (Wildman–Crippen MR) is 113 cm³/mol. The molecular formula is C21H34ClN3O4. The van der Waals surface area contributed by atoms with Gasteiger partial charge in [-0.1, -0.05) is 5.92 Å². The summed E-state index contributed by atoms with van der Waals surface area (Å²) in [6.07, 6.45) is 10.7. The van der Waals surface area contributed by atoms with Gasteiger partial charge in [0.15, 0.2) is 0 Å². The van der Waals surface area contributed by atoms with E-state index in [1.807, 2.05) is 4.90 Å². The summed E-state index contributed by atoms with van der Waals surface area (Å²) < 4.78 is 4.91. The second kappa shape index (κ2) is 13.4. The van der Waals surface area contributed by atoms with Crippen LogP contribution in [0.15, 0.2) is 0 Å². The number of esters is 1. The molecule has 0 unspecified atom stereocenters. The lowest BCUT2D eigenvalue weighted by Gasteiger charge is -2.33. The molecule has 2 saturated heterocycles. The first-order valence-corrected chi connectivity index (χ1v) is 10.4. The van der Waals surface area contributed by atoms with Crippen LogP contribution in [0.2, 0.25) is 0 Å². The number of rotatable bonds is 8. The number of nitrogens with zero attached hydrogens (tertiary/aromatic N) is 1. The zero-order valence-electron chi connectivity index (χ0n) is 17.3. The largest absolute Gasteiger partial charge is 0.465 e. The van der Waals surface area contributed by atoms with E-state index in [9.17, 15) is 14.4 Å². The molecule has 0 saturated carbocycles. The van der Waals surface area contributed by atoms with Crippen LogP contribution in [0.1, 0.15) is 45.4 Å². The highest BCUT2D eigenvalue weighted by molar-refractivity contribution is 5.85. The Morgan fingerprint density at radius 2 is 2.00 bits per heavy atom. The molecule has 29 heavy (non-hydrogen) atoms. The van der Waals surface area contributed by atoms with Crippen LogP contribution in [0.25, 0.3) is 0 Å². The third-order valence-electron chi connectivity index (χ3n) is 5.62. The fourth-order valence-corrected chi connectivity index (χ4v) is 3.87. The summed E-state index contributed by atoms with van der Waals surface area (Å²) in [5, 5.41) is 6.10. The van der Waals surface area contributed by atoms with E-state index in [0.717, 1.165) is 45.2 Å². The Morgan fingerprint density at radius 1 is 1.28 bits per heavy atom. The van der Waals surface area contributed by atoms with Crippen LogP contribution < -0.4 is 10.6 Å². The summed E-state index contributed by atoms with van der Waals surface area (Å²) in [6, 6.07) is 0. The van der Waals surface area contributed by atoms with Gasteiger partial charge in [-0.05, 0) is 58.0 Å². The highest BCUT2D eigenvalue weighted by Crippen LogP contribution is 2.21. The van der Waals surface area contributed by atoms with Gasteiger partial charge in [-0.2, -0.15) is 0 Å². The van der Waals surface area contributed by atoms with E-state index in [2.05, 4.69) is 16.6 Å². The van der Waals surface area contributed by atoms with Gasteiger partial charge < -0.3 is 20.3 Å². The van der Waals surface area contributed by atoms with Crippen molar-refractivity contribution in [3.8, 4) is 12.3 Å². The number of carbonyl (C=O) groups is 3. The Balaban J connectivity index is 0.00000420. The summed E-state index contributed by atoms with van der Waals surface area (Å²) in [5.41, 5.74) is 0. The highest BCUT2D eigenvalue weighted by Gasteiger charge is 2.29. The number of piperidine rings is 2. The summed E-state index contributed by atoms with van der Waals surface area (Å²) in [5.74, 6) is 1.44. The van der Waals surface area contributed by atoms with Gasteiger partial charge in [0.25, 0.3) is 0 Å². The Bertz CT molecular complexity index is 587. The lowest BCUT2D eigenvalue weighted by atomic mass is 9.92. The van der Waals surface area contributed by atoms with Crippen molar-refractivity contribution in [1.29, 1.82) is 0 Å². The molecule has 2 N–H and O–H groups in total. The van der Waals surface area contributed by atoms with E-state index in [0.29, 0.717) is 25.4 Å². The molecule has 7 nitrogen and oxygen atoms in total. The van der Waals surface area contributed by atoms with Crippen molar-refractivity contribution in [1.82, 2.24) is 15.5 Å². The molecule has 0 aromatic rings. The number of halogens is 1. The SMILES string of the molecule is C#C[C@@H](CNC(=O)[C@@H]1CCCN(C(=O)CCC2CCNCC2)C1)C(=O)OCC.Cl. The number of ether oxygens (including phenoxy) is 1. The van der Waals surface area contributed by atoms with Gasteiger partial charge in [-0.3, -0.25) is 14.4 Å². The molecule has 164 valence electrons. The molecule has 2 aliphatic rings. The van der Waals surface area contributed by atoms with Crippen LogP contribution in [-0.4, -0.2) is 62.0 Å². The molecule has 0 aliphatic carbocycles. The van der Waals surface area contributed by atoms with Gasteiger partial charge in [0, 0.05) is 26.1 Å². The topological polar surface area (TPSA) is 87.7 Å². The van der Waals surface area contributed by atoms with E-state index >= 15 is 0 Å². The lowest BCUT2D eigenvalue weighted by molar-refractivity contribution is -0.145.